The summed E-state index contributed by atoms with van der Waals surface area (Å²) in [4.78, 5) is 73.4. The number of fused-ring (bicyclic) bond motifs is 6. The topological polar surface area (TPSA) is 193 Å². The molecule has 0 spiro atoms. The van der Waals surface area contributed by atoms with E-state index in [0.717, 1.165) is 68.3 Å². The minimum absolute atomic E-state index is 0.0791. The fourth-order valence-corrected chi connectivity index (χ4v) is 9.72. The van der Waals surface area contributed by atoms with E-state index in [1.807, 2.05) is 49.8 Å². The van der Waals surface area contributed by atoms with Crippen LogP contribution >= 0.6 is 0 Å². The Morgan fingerprint density at radius 2 is 1.50 bits per heavy atom. The van der Waals surface area contributed by atoms with Crippen molar-refractivity contribution in [3.05, 3.63) is 65.9 Å². The zero-order valence-corrected chi connectivity index (χ0v) is 37.9. The van der Waals surface area contributed by atoms with Crippen molar-refractivity contribution in [2.75, 3.05) is 41.0 Å². The summed E-state index contributed by atoms with van der Waals surface area (Å²) in [5.74, 6) is 2.01. The molecule has 0 bridgehead atoms. The zero-order valence-electron chi connectivity index (χ0n) is 37.9. The molecule has 64 heavy (non-hydrogen) atoms. The number of H-pyrrole nitrogens is 2. The van der Waals surface area contributed by atoms with Gasteiger partial charge in [-0.2, -0.15) is 0 Å². The van der Waals surface area contributed by atoms with E-state index in [2.05, 4.69) is 63.9 Å². The third-order valence-electron chi connectivity index (χ3n) is 13.7. The van der Waals surface area contributed by atoms with E-state index in [1.165, 1.54) is 14.2 Å². The molecule has 16 nitrogen and oxygen atoms in total. The number of hydrogen-bond donors (Lipinski definition) is 4. The Hall–Kier alpha value is -6.16. The lowest BCUT2D eigenvalue weighted by Gasteiger charge is -2.30. The van der Waals surface area contributed by atoms with Crippen LogP contribution in [0.3, 0.4) is 0 Å². The van der Waals surface area contributed by atoms with Crippen LogP contribution in [0.1, 0.15) is 89.6 Å². The van der Waals surface area contributed by atoms with E-state index in [1.54, 1.807) is 7.11 Å². The molecule has 3 aromatic carbocycles. The van der Waals surface area contributed by atoms with Crippen molar-refractivity contribution in [3.8, 4) is 28.1 Å². The first kappa shape index (κ1) is 44.4. The second-order valence-electron chi connectivity index (χ2n) is 17.9. The van der Waals surface area contributed by atoms with E-state index in [9.17, 15) is 19.2 Å². The van der Waals surface area contributed by atoms with Crippen molar-refractivity contribution in [2.24, 2.45) is 23.7 Å². The smallest absolute Gasteiger partial charge is 0.407 e. The SMILES string of the molecule is CCC(C)C(NC(=O)OC)C(=O)N1C[C@@H](COC)C[C@H]1c1nc2ccc3cc4c(cc3c2[nH]1)OCc1cc(-c2cnc([C@@H]3C[C@H](C)CN3C(=O)[C@@H](NC(=O)OC)C(C)CC)[nH]2)ccc1-4. The van der Waals surface area contributed by atoms with E-state index in [-0.39, 0.29) is 47.6 Å². The molecule has 0 saturated carbocycles. The number of aromatic nitrogens is 4. The van der Waals surface area contributed by atoms with Gasteiger partial charge in [-0.15, -0.1) is 0 Å². The molecule has 0 aliphatic carbocycles. The standard InChI is InChI=1S/C48H60N8O8/c1-9-26(4)40(53-47(59)62-7)45(57)55-21-25(3)15-37(55)43-49-20-36(51-43)30-11-13-32-31(17-30)24-64-39-19-33-29(18-34(32)39)12-14-35-42(33)52-44(50-35)38-16-28(23-61-6)22-56(38)46(58)41(27(5)10-2)54-48(60)63-8/h11-14,17-20,25-28,37-38,40-41H,9-10,15-16,21-24H2,1-8H3,(H,49,51)(H,50,52)(H,53,59)(H,54,60)/t25-,26?,27?,28-,37-,38-,40-,41?/m0/s1. The number of amides is 4. The Bertz CT molecular complexity index is 2550. The highest BCUT2D eigenvalue weighted by atomic mass is 16.5. The number of aromatic amines is 2. The van der Waals surface area contributed by atoms with Gasteiger partial charge in [-0.25, -0.2) is 19.6 Å². The van der Waals surface area contributed by atoms with E-state index < -0.39 is 24.3 Å². The Morgan fingerprint density at radius 3 is 2.16 bits per heavy atom. The molecule has 8 rings (SSSR count). The van der Waals surface area contributed by atoms with Crippen LogP contribution in [0.15, 0.2) is 48.7 Å². The largest absolute Gasteiger partial charge is 0.488 e. The number of ether oxygens (including phenoxy) is 4. The first-order chi connectivity index (χ1) is 30.8. The summed E-state index contributed by atoms with van der Waals surface area (Å²) in [7, 11) is 4.26. The fourth-order valence-electron chi connectivity index (χ4n) is 9.72. The van der Waals surface area contributed by atoms with Gasteiger partial charge < -0.3 is 49.3 Å². The maximum absolute atomic E-state index is 14.2. The van der Waals surface area contributed by atoms with Crippen molar-refractivity contribution in [1.29, 1.82) is 0 Å². The number of methoxy groups -OCH3 is 3. The van der Waals surface area contributed by atoms with Crippen molar-refractivity contribution in [3.63, 3.8) is 0 Å². The van der Waals surface area contributed by atoms with Gasteiger partial charge in [0.2, 0.25) is 11.8 Å². The summed E-state index contributed by atoms with van der Waals surface area (Å²) in [6, 6.07) is 12.6. The molecule has 4 amide bonds. The van der Waals surface area contributed by atoms with Crippen molar-refractivity contribution >= 4 is 45.8 Å². The number of carbonyl (C=O) groups is 4. The number of carbonyl (C=O) groups excluding carboxylic acids is 4. The Kier molecular flexibility index (Phi) is 12.9. The van der Waals surface area contributed by atoms with Gasteiger partial charge in [-0.05, 0) is 76.9 Å². The average Bonchev–Trinajstić information content (AvgIpc) is 4.14. The highest BCUT2D eigenvalue weighted by Gasteiger charge is 2.43. The van der Waals surface area contributed by atoms with Gasteiger partial charge >= 0.3 is 12.2 Å². The molecule has 0 radical (unpaired) electrons. The number of rotatable bonds is 13. The van der Waals surface area contributed by atoms with Crippen LogP contribution in [-0.2, 0) is 30.4 Å². The Labute approximate surface area is 373 Å². The van der Waals surface area contributed by atoms with Crippen molar-refractivity contribution in [2.45, 2.75) is 91.1 Å². The third-order valence-corrected chi connectivity index (χ3v) is 13.7. The van der Waals surface area contributed by atoms with Gasteiger partial charge in [-0.1, -0.05) is 65.7 Å². The molecule has 2 saturated heterocycles. The first-order valence-corrected chi connectivity index (χ1v) is 22.4. The van der Waals surface area contributed by atoms with Crippen LogP contribution in [-0.4, -0.2) is 107 Å². The van der Waals surface area contributed by atoms with Gasteiger partial charge in [0, 0.05) is 37.1 Å². The van der Waals surface area contributed by atoms with Crippen LogP contribution in [0.5, 0.6) is 5.75 Å². The molecule has 3 aliphatic rings. The van der Waals surface area contributed by atoms with Crippen molar-refractivity contribution in [1.82, 2.24) is 40.4 Å². The molecule has 2 aromatic heterocycles. The molecule has 16 heteroatoms. The maximum Gasteiger partial charge on any atom is 0.407 e. The normalized spacial score (nSPS) is 21.1. The van der Waals surface area contributed by atoms with Gasteiger partial charge in [0.1, 0.15) is 36.1 Å². The second-order valence-corrected chi connectivity index (χ2v) is 17.9. The molecule has 340 valence electrons. The quantitative estimate of drug-likeness (QED) is 0.0913. The molecular weight excluding hydrogens is 817 g/mol. The highest BCUT2D eigenvalue weighted by molar-refractivity contribution is 6.07. The van der Waals surface area contributed by atoms with E-state index >= 15 is 0 Å². The summed E-state index contributed by atoms with van der Waals surface area (Å²) in [5, 5.41) is 7.53. The number of nitrogens with one attached hydrogen (secondary N) is 4. The molecule has 3 aliphatic heterocycles. The molecule has 4 N–H and O–H groups in total. The zero-order chi connectivity index (χ0) is 45.4. The van der Waals surface area contributed by atoms with E-state index in [0.29, 0.717) is 50.8 Å². The number of imidazole rings is 2. The van der Waals surface area contributed by atoms with Gasteiger partial charge in [0.15, 0.2) is 0 Å². The lowest BCUT2D eigenvalue weighted by atomic mass is 9.92. The molecule has 2 fully saturated rings. The molecule has 8 atom stereocenters. The van der Waals surface area contributed by atoms with Crippen LogP contribution in [0.25, 0.3) is 44.2 Å². The summed E-state index contributed by atoms with van der Waals surface area (Å²) >= 11 is 0. The van der Waals surface area contributed by atoms with Gasteiger partial charge in [0.25, 0.3) is 0 Å². The summed E-state index contributed by atoms with van der Waals surface area (Å²) in [6.45, 7) is 11.9. The number of likely N-dealkylation sites (tertiary alicyclic amines) is 2. The molecule has 3 unspecified atom stereocenters. The predicted octanol–water partition coefficient (Wildman–Crippen LogP) is 7.65. The number of benzene rings is 3. The van der Waals surface area contributed by atoms with Crippen LogP contribution < -0.4 is 15.4 Å². The van der Waals surface area contributed by atoms with Crippen LogP contribution in [0.2, 0.25) is 0 Å². The number of alkyl carbamates (subject to hydrolysis) is 2. The Morgan fingerprint density at radius 1 is 0.828 bits per heavy atom. The lowest BCUT2D eigenvalue weighted by Crippen LogP contribution is -2.51. The fraction of sp³-hybridized carbons (Fsp3) is 0.500. The predicted molar refractivity (Wildman–Crippen MR) is 241 cm³/mol. The van der Waals surface area contributed by atoms with Crippen LogP contribution in [0, 0.1) is 23.7 Å². The summed E-state index contributed by atoms with van der Waals surface area (Å²) in [5.41, 5.74) is 6.53. The number of nitrogens with zero attached hydrogens (tertiary/aromatic N) is 4. The first-order valence-electron chi connectivity index (χ1n) is 22.4. The third kappa shape index (κ3) is 8.47. The van der Waals surface area contributed by atoms with Gasteiger partial charge in [0.05, 0.1) is 55.8 Å². The minimum atomic E-state index is -0.748. The van der Waals surface area contributed by atoms with Crippen LogP contribution in [0.4, 0.5) is 9.59 Å². The lowest BCUT2D eigenvalue weighted by molar-refractivity contribution is -0.136. The van der Waals surface area contributed by atoms with Gasteiger partial charge in [-0.3, -0.25) is 9.59 Å². The molecule has 5 aromatic rings. The maximum atomic E-state index is 14.2. The van der Waals surface area contributed by atoms with Crippen molar-refractivity contribution < 1.29 is 38.1 Å². The highest BCUT2D eigenvalue weighted by Crippen LogP contribution is 2.44. The minimum Gasteiger partial charge on any atom is -0.488 e. The Balaban J connectivity index is 1.05. The summed E-state index contributed by atoms with van der Waals surface area (Å²) < 4.78 is 21.7. The second kappa shape index (κ2) is 18.5. The number of hydrogen-bond acceptors (Lipinski definition) is 10. The summed E-state index contributed by atoms with van der Waals surface area (Å²) in [6.07, 6.45) is 3.38. The molecular formula is C48H60N8O8. The monoisotopic (exact) mass is 876 g/mol. The van der Waals surface area contributed by atoms with E-state index in [4.69, 9.17) is 28.9 Å². The average molecular weight is 877 g/mol. The molecule has 5 heterocycles.